The largest absolute Gasteiger partial charge is 0.493 e. The average molecular weight is 445 g/mol. The van der Waals surface area contributed by atoms with Crippen molar-refractivity contribution in [3.63, 3.8) is 0 Å². The molecule has 2 aromatic carbocycles. The zero-order valence-electron chi connectivity index (χ0n) is 17.2. The number of amides is 1. The second-order valence-electron chi connectivity index (χ2n) is 6.74. The van der Waals surface area contributed by atoms with E-state index in [-0.39, 0.29) is 11.3 Å². The molecule has 5 nitrogen and oxygen atoms in total. The van der Waals surface area contributed by atoms with Crippen molar-refractivity contribution >= 4 is 23.2 Å². The summed E-state index contributed by atoms with van der Waals surface area (Å²) in [7, 11) is 5.16. The predicted octanol–water partition coefficient (Wildman–Crippen LogP) is 4.97. The van der Waals surface area contributed by atoms with Crippen LogP contribution < -0.4 is 14.4 Å². The summed E-state index contributed by atoms with van der Waals surface area (Å²) in [6.45, 7) is 3.02. The third kappa shape index (κ3) is 5.79. The molecule has 0 saturated heterocycles. The van der Waals surface area contributed by atoms with Gasteiger partial charge in [-0.2, -0.15) is 13.2 Å². The zero-order chi connectivity index (χ0) is 22.5. The molecule has 164 valence electrons. The molecule has 0 aliphatic carbocycles. The van der Waals surface area contributed by atoms with Crippen molar-refractivity contribution in [1.82, 2.24) is 4.90 Å². The molecular formula is C21H24ClF3N2O3. The topological polar surface area (TPSA) is 42.0 Å². The van der Waals surface area contributed by atoms with Crippen molar-refractivity contribution in [3.8, 4) is 11.5 Å². The Morgan fingerprint density at radius 1 is 1.07 bits per heavy atom. The van der Waals surface area contributed by atoms with Crippen LogP contribution in [0, 0.1) is 0 Å². The molecule has 0 N–H and O–H groups in total. The Morgan fingerprint density at radius 3 is 2.27 bits per heavy atom. The van der Waals surface area contributed by atoms with E-state index in [0.717, 1.165) is 17.0 Å². The molecule has 0 aromatic heterocycles. The lowest BCUT2D eigenvalue weighted by molar-refractivity contribution is -0.137. The minimum atomic E-state index is -4.64. The number of carbonyl (C=O) groups excluding carboxylic acids is 1. The zero-order valence-corrected chi connectivity index (χ0v) is 18.0. The van der Waals surface area contributed by atoms with Crippen LogP contribution in [-0.2, 0) is 6.18 Å². The Labute approximate surface area is 178 Å². The van der Waals surface area contributed by atoms with Gasteiger partial charge in [-0.15, -0.1) is 0 Å². The van der Waals surface area contributed by atoms with Crippen molar-refractivity contribution in [3.05, 3.63) is 52.5 Å². The summed E-state index contributed by atoms with van der Waals surface area (Å²) in [5, 5.41) is -0.436. The van der Waals surface area contributed by atoms with Crippen LogP contribution in [0.2, 0.25) is 5.02 Å². The Morgan fingerprint density at radius 2 is 1.70 bits per heavy atom. The van der Waals surface area contributed by atoms with Gasteiger partial charge in [-0.25, -0.2) is 0 Å². The van der Waals surface area contributed by atoms with Crippen molar-refractivity contribution in [1.29, 1.82) is 0 Å². The number of anilines is 1. The quantitative estimate of drug-likeness (QED) is 0.576. The number of benzene rings is 2. The lowest BCUT2D eigenvalue weighted by atomic mass is 10.1. The van der Waals surface area contributed by atoms with E-state index in [2.05, 4.69) is 0 Å². The first-order valence-electron chi connectivity index (χ1n) is 9.24. The predicted molar refractivity (Wildman–Crippen MR) is 111 cm³/mol. The van der Waals surface area contributed by atoms with E-state index in [4.69, 9.17) is 21.1 Å². The Balaban J connectivity index is 2.43. The van der Waals surface area contributed by atoms with E-state index in [0.29, 0.717) is 31.3 Å². The van der Waals surface area contributed by atoms with Crippen LogP contribution >= 0.6 is 11.6 Å². The van der Waals surface area contributed by atoms with Crippen molar-refractivity contribution < 1.29 is 27.4 Å². The van der Waals surface area contributed by atoms with E-state index in [1.165, 1.54) is 13.1 Å². The summed E-state index contributed by atoms with van der Waals surface area (Å²) in [5.74, 6) is 0.0284. The van der Waals surface area contributed by atoms with Crippen molar-refractivity contribution in [2.75, 3.05) is 45.8 Å². The number of hydrogen-bond donors (Lipinski definition) is 0. The molecule has 9 heteroatoms. The number of carbonyl (C=O) groups is 1. The normalized spacial score (nSPS) is 11.5. The molecule has 0 unspecified atom stereocenters. The first-order valence-corrected chi connectivity index (χ1v) is 9.62. The molecular weight excluding hydrogens is 421 g/mol. The number of rotatable bonds is 8. The van der Waals surface area contributed by atoms with Crippen LogP contribution in [0.3, 0.4) is 0 Å². The van der Waals surface area contributed by atoms with Crippen LogP contribution in [0.5, 0.6) is 11.5 Å². The minimum absolute atomic E-state index is 0.0438. The van der Waals surface area contributed by atoms with E-state index < -0.39 is 22.7 Å². The van der Waals surface area contributed by atoms with Gasteiger partial charge >= 0.3 is 6.18 Å². The molecule has 0 atom stereocenters. The average Bonchev–Trinajstić information content (AvgIpc) is 2.66. The SMILES string of the molecule is CCOc1cccc(OCCN(C)C)c1C(=O)N(C)c1ccc(Cl)c(C(F)(F)F)c1. The highest BCUT2D eigenvalue weighted by molar-refractivity contribution is 6.31. The molecule has 2 rings (SSSR count). The number of alkyl halides is 3. The van der Waals surface area contributed by atoms with Gasteiger partial charge in [0.15, 0.2) is 0 Å². The molecule has 0 saturated carbocycles. The highest BCUT2D eigenvalue weighted by atomic mass is 35.5. The van der Waals surface area contributed by atoms with Crippen LogP contribution in [0.1, 0.15) is 22.8 Å². The van der Waals surface area contributed by atoms with Gasteiger partial charge in [-0.3, -0.25) is 4.79 Å². The lowest BCUT2D eigenvalue weighted by Crippen LogP contribution is -2.28. The van der Waals surface area contributed by atoms with Gasteiger partial charge in [0, 0.05) is 19.3 Å². The van der Waals surface area contributed by atoms with Crippen LogP contribution in [0.25, 0.3) is 0 Å². The third-order valence-corrected chi connectivity index (χ3v) is 4.57. The number of likely N-dealkylation sites (N-methyl/N-ethyl adjacent to an activating group) is 1. The molecule has 30 heavy (non-hydrogen) atoms. The van der Waals surface area contributed by atoms with Crippen molar-refractivity contribution in [2.45, 2.75) is 13.1 Å². The number of ether oxygens (including phenoxy) is 2. The monoisotopic (exact) mass is 444 g/mol. The number of nitrogens with zero attached hydrogens (tertiary/aromatic N) is 2. The third-order valence-electron chi connectivity index (χ3n) is 4.25. The van der Waals surface area contributed by atoms with E-state index in [1.54, 1.807) is 25.1 Å². The first-order chi connectivity index (χ1) is 14.1. The maximum Gasteiger partial charge on any atom is 0.417 e. The van der Waals surface area contributed by atoms with E-state index >= 15 is 0 Å². The minimum Gasteiger partial charge on any atom is -0.493 e. The molecule has 0 aliphatic rings. The number of halogens is 4. The van der Waals surface area contributed by atoms with Gasteiger partial charge < -0.3 is 19.3 Å². The smallest absolute Gasteiger partial charge is 0.417 e. The lowest BCUT2D eigenvalue weighted by Gasteiger charge is -2.23. The molecule has 0 radical (unpaired) electrons. The van der Waals surface area contributed by atoms with Gasteiger partial charge in [-0.05, 0) is 51.4 Å². The summed E-state index contributed by atoms with van der Waals surface area (Å²) in [6, 6.07) is 8.25. The Kier molecular flexibility index (Phi) is 7.97. The molecule has 0 spiro atoms. The highest BCUT2D eigenvalue weighted by Crippen LogP contribution is 2.38. The van der Waals surface area contributed by atoms with E-state index in [1.807, 2.05) is 19.0 Å². The standard InChI is InChI=1S/C21H24ClF3N2O3/c1-5-29-17-7-6-8-18(30-12-11-26(2)3)19(17)20(28)27(4)14-9-10-16(22)15(13-14)21(23,24)25/h6-10,13H,5,11-12H2,1-4H3. The van der Waals surface area contributed by atoms with Gasteiger partial charge in [-0.1, -0.05) is 17.7 Å². The molecule has 0 bridgehead atoms. The maximum atomic E-state index is 13.2. The van der Waals surface area contributed by atoms with Gasteiger partial charge in [0.1, 0.15) is 23.7 Å². The fraction of sp³-hybridized carbons (Fsp3) is 0.381. The Bertz CT molecular complexity index is 888. The summed E-state index contributed by atoms with van der Waals surface area (Å²) >= 11 is 5.69. The fourth-order valence-corrected chi connectivity index (χ4v) is 2.90. The molecule has 0 fully saturated rings. The fourth-order valence-electron chi connectivity index (χ4n) is 2.68. The maximum absolute atomic E-state index is 13.2. The summed E-state index contributed by atoms with van der Waals surface area (Å²) < 4.78 is 51.0. The van der Waals surface area contributed by atoms with Crippen LogP contribution in [0.15, 0.2) is 36.4 Å². The molecule has 0 heterocycles. The highest BCUT2D eigenvalue weighted by Gasteiger charge is 2.34. The van der Waals surface area contributed by atoms with Crippen LogP contribution in [0.4, 0.5) is 18.9 Å². The first kappa shape index (κ1) is 23.8. The summed E-state index contributed by atoms with van der Waals surface area (Å²) in [5.41, 5.74) is -0.826. The summed E-state index contributed by atoms with van der Waals surface area (Å²) in [4.78, 5) is 16.3. The van der Waals surface area contributed by atoms with Crippen LogP contribution in [-0.4, -0.2) is 51.7 Å². The van der Waals surface area contributed by atoms with Gasteiger partial charge in [0.2, 0.25) is 0 Å². The molecule has 2 aromatic rings. The van der Waals surface area contributed by atoms with Gasteiger partial charge in [0.05, 0.1) is 17.2 Å². The molecule has 0 aliphatic heterocycles. The van der Waals surface area contributed by atoms with E-state index in [9.17, 15) is 18.0 Å². The number of hydrogen-bond acceptors (Lipinski definition) is 4. The van der Waals surface area contributed by atoms with Crippen molar-refractivity contribution in [2.24, 2.45) is 0 Å². The van der Waals surface area contributed by atoms with Gasteiger partial charge in [0.25, 0.3) is 5.91 Å². The molecule has 1 amide bonds. The Hall–Kier alpha value is -2.45. The second kappa shape index (κ2) is 10.0. The summed E-state index contributed by atoms with van der Waals surface area (Å²) in [6.07, 6.45) is -4.64. The second-order valence-corrected chi connectivity index (χ2v) is 7.15.